The van der Waals surface area contributed by atoms with Crippen molar-refractivity contribution in [2.45, 2.75) is 44.7 Å². The fourth-order valence-electron chi connectivity index (χ4n) is 4.84. The number of carbonyl (C=O) groups excluding carboxylic acids is 1. The van der Waals surface area contributed by atoms with Crippen LogP contribution >= 0.6 is 0 Å². The first kappa shape index (κ1) is 23.7. The molecule has 0 spiro atoms. The zero-order chi connectivity index (χ0) is 24.9. The van der Waals surface area contributed by atoms with Crippen LogP contribution < -0.4 is 14.8 Å². The summed E-state index contributed by atoms with van der Waals surface area (Å²) in [5.74, 6) is 2.03. The predicted molar refractivity (Wildman–Crippen MR) is 138 cm³/mol. The van der Waals surface area contributed by atoms with E-state index in [1.807, 2.05) is 53.4 Å². The molecule has 0 radical (unpaired) electrons. The molecule has 1 aliphatic rings. The van der Waals surface area contributed by atoms with Crippen LogP contribution in [0, 0.1) is 0 Å². The maximum Gasteiger partial charge on any atom is 0.322 e. The quantitative estimate of drug-likeness (QED) is 0.331. The topological polar surface area (TPSA) is 89.7 Å². The van der Waals surface area contributed by atoms with E-state index in [0.717, 1.165) is 47.7 Å². The van der Waals surface area contributed by atoms with Crippen LogP contribution in [0.15, 0.2) is 65.2 Å². The van der Waals surface area contributed by atoms with Crippen LogP contribution in [-0.4, -0.2) is 41.3 Å². The highest BCUT2D eigenvalue weighted by molar-refractivity contribution is 6.01. The summed E-state index contributed by atoms with van der Waals surface area (Å²) in [7, 11) is 3.17. The molecule has 1 heterocycles. The molecule has 0 bridgehead atoms. The van der Waals surface area contributed by atoms with Crippen LogP contribution in [0.3, 0.4) is 0 Å². The molecule has 36 heavy (non-hydrogen) atoms. The first-order chi connectivity index (χ1) is 17.7. The second-order valence-corrected chi connectivity index (χ2v) is 8.96. The molecule has 2 amide bonds. The number of ether oxygens (including phenoxy) is 2. The maximum atomic E-state index is 13.6. The molecule has 0 saturated heterocycles. The average molecular weight is 487 g/mol. The highest BCUT2D eigenvalue weighted by Crippen LogP contribution is 2.32. The Bertz CT molecular complexity index is 1340. The monoisotopic (exact) mass is 486 g/mol. The molecule has 8 nitrogen and oxygen atoms in total. The molecule has 0 unspecified atom stereocenters. The molecule has 1 aromatic heterocycles. The van der Waals surface area contributed by atoms with Crippen molar-refractivity contribution in [2.24, 2.45) is 0 Å². The number of urea groups is 1. The second kappa shape index (κ2) is 10.7. The van der Waals surface area contributed by atoms with Crippen molar-refractivity contribution in [3.63, 3.8) is 0 Å². The Morgan fingerprint density at radius 1 is 1.00 bits per heavy atom. The van der Waals surface area contributed by atoms with Gasteiger partial charge in [-0.25, -0.2) is 4.79 Å². The van der Waals surface area contributed by atoms with Gasteiger partial charge in [0.25, 0.3) is 0 Å². The van der Waals surface area contributed by atoms with Gasteiger partial charge in [-0.15, -0.1) is 0 Å². The van der Waals surface area contributed by atoms with Gasteiger partial charge >= 0.3 is 6.03 Å². The van der Waals surface area contributed by atoms with Gasteiger partial charge in [0.05, 0.1) is 19.9 Å². The molecule has 3 aromatic carbocycles. The van der Waals surface area contributed by atoms with Gasteiger partial charge in [0.15, 0.2) is 11.5 Å². The van der Waals surface area contributed by atoms with E-state index < -0.39 is 0 Å². The van der Waals surface area contributed by atoms with Crippen molar-refractivity contribution in [3.8, 4) is 22.9 Å². The molecule has 5 rings (SSSR count). The number of anilines is 1. The van der Waals surface area contributed by atoms with E-state index in [-0.39, 0.29) is 18.6 Å². The van der Waals surface area contributed by atoms with E-state index in [9.17, 15) is 4.79 Å². The fraction of sp³-hybridized carbons (Fsp3) is 0.321. The number of rotatable bonds is 7. The number of carbonyl (C=O) groups is 1. The Morgan fingerprint density at radius 3 is 2.58 bits per heavy atom. The zero-order valence-electron chi connectivity index (χ0n) is 20.6. The number of nitrogens with zero attached hydrogens (tertiary/aromatic N) is 3. The summed E-state index contributed by atoms with van der Waals surface area (Å²) in [5, 5.41) is 9.38. The van der Waals surface area contributed by atoms with Crippen LogP contribution in [0.5, 0.6) is 11.5 Å². The van der Waals surface area contributed by atoms with Crippen LogP contribution in [0.1, 0.15) is 38.0 Å². The number of methoxy groups -OCH3 is 2. The first-order valence-corrected chi connectivity index (χ1v) is 12.3. The van der Waals surface area contributed by atoms with Crippen molar-refractivity contribution in [3.05, 3.63) is 66.6 Å². The lowest BCUT2D eigenvalue weighted by Gasteiger charge is -2.33. The summed E-state index contributed by atoms with van der Waals surface area (Å²) < 4.78 is 16.3. The summed E-state index contributed by atoms with van der Waals surface area (Å²) in [4.78, 5) is 20.0. The maximum absolute atomic E-state index is 13.6. The third-order valence-corrected chi connectivity index (χ3v) is 6.72. The molecule has 0 aliphatic heterocycles. The molecule has 0 atom stereocenters. The van der Waals surface area contributed by atoms with Gasteiger partial charge in [0.2, 0.25) is 11.7 Å². The number of benzene rings is 3. The Morgan fingerprint density at radius 2 is 1.78 bits per heavy atom. The Balaban J connectivity index is 1.39. The van der Waals surface area contributed by atoms with Gasteiger partial charge in [-0.3, -0.25) is 0 Å². The third-order valence-electron chi connectivity index (χ3n) is 6.72. The van der Waals surface area contributed by atoms with Crippen molar-refractivity contribution < 1.29 is 18.8 Å². The van der Waals surface area contributed by atoms with E-state index in [1.54, 1.807) is 26.4 Å². The number of hydrogen-bond acceptors (Lipinski definition) is 6. The number of hydrogen-bond donors (Lipinski definition) is 1. The lowest BCUT2D eigenvalue weighted by molar-refractivity contribution is 0.151. The molecule has 186 valence electrons. The number of aromatic nitrogens is 2. The number of nitrogens with one attached hydrogen (secondary N) is 1. The van der Waals surface area contributed by atoms with Crippen LogP contribution in [0.2, 0.25) is 0 Å². The first-order valence-electron chi connectivity index (χ1n) is 12.3. The normalized spacial score (nSPS) is 13.9. The minimum absolute atomic E-state index is 0.116. The molecule has 8 heteroatoms. The summed E-state index contributed by atoms with van der Waals surface area (Å²) in [6.07, 6.45) is 5.31. The molecular formula is C28H30N4O4. The Labute approximate surface area is 210 Å². The van der Waals surface area contributed by atoms with Gasteiger partial charge in [-0.1, -0.05) is 60.8 Å². The van der Waals surface area contributed by atoms with Gasteiger partial charge in [0, 0.05) is 17.0 Å². The van der Waals surface area contributed by atoms with E-state index in [2.05, 4.69) is 15.5 Å². The number of fused-ring (bicyclic) bond motifs is 1. The largest absolute Gasteiger partial charge is 0.493 e. The van der Waals surface area contributed by atoms with Gasteiger partial charge in [0.1, 0.15) is 6.54 Å². The third kappa shape index (κ3) is 4.98. The second-order valence-electron chi connectivity index (χ2n) is 8.96. The van der Waals surface area contributed by atoms with Crippen LogP contribution in [0.4, 0.5) is 10.5 Å². The lowest BCUT2D eigenvalue weighted by Crippen LogP contribution is -2.43. The molecular weight excluding hydrogens is 456 g/mol. The van der Waals surface area contributed by atoms with Crippen molar-refractivity contribution in [1.82, 2.24) is 15.0 Å². The number of amides is 2. The Hall–Kier alpha value is -4.07. The minimum atomic E-state index is -0.163. The molecule has 1 saturated carbocycles. The molecule has 1 aliphatic carbocycles. The lowest BCUT2D eigenvalue weighted by atomic mass is 9.94. The van der Waals surface area contributed by atoms with Gasteiger partial charge < -0.3 is 24.2 Å². The molecule has 1 N–H and O–H groups in total. The summed E-state index contributed by atoms with van der Waals surface area (Å²) >= 11 is 0. The summed E-state index contributed by atoms with van der Waals surface area (Å²) in [6.45, 7) is 0.238. The van der Waals surface area contributed by atoms with Crippen LogP contribution in [0.25, 0.3) is 22.2 Å². The smallest absolute Gasteiger partial charge is 0.322 e. The SMILES string of the molecule is COc1ccc(-c2noc(CN(C(=O)Nc3cccc4ccccc34)C3CCCCC3)n2)cc1OC. The van der Waals surface area contributed by atoms with Crippen molar-refractivity contribution >= 4 is 22.5 Å². The Kier molecular flexibility index (Phi) is 7.02. The minimum Gasteiger partial charge on any atom is -0.493 e. The van der Waals surface area contributed by atoms with Crippen LogP contribution in [-0.2, 0) is 6.54 Å². The van der Waals surface area contributed by atoms with Crippen molar-refractivity contribution in [2.75, 3.05) is 19.5 Å². The highest BCUT2D eigenvalue weighted by atomic mass is 16.5. The standard InChI is InChI=1S/C28H30N4O4/c1-34-24-16-15-20(17-25(24)35-2)27-30-26(36-31-27)18-32(21-11-4-3-5-12-21)28(33)29-23-14-8-10-19-9-6-7-13-22(19)23/h6-10,13-17,21H,3-5,11-12,18H2,1-2H3,(H,29,33). The van der Waals surface area contributed by atoms with Gasteiger partial charge in [-0.05, 0) is 42.5 Å². The summed E-state index contributed by atoms with van der Waals surface area (Å²) in [6, 6.07) is 19.4. The van der Waals surface area contributed by atoms with E-state index >= 15 is 0 Å². The highest BCUT2D eigenvalue weighted by Gasteiger charge is 2.28. The average Bonchev–Trinajstić information content (AvgIpc) is 3.40. The molecule has 4 aromatic rings. The van der Waals surface area contributed by atoms with E-state index in [0.29, 0.717) is 23.2 Å². The van der Waals surface area contributed by atoms with Gasteiger partial charge in [-0.2, -0.15) is 4.98 Å². The zero-order valence-corrected chi connectivity index (χ0v) is 20.6. The molecule has 1 fully saturated rings. The summed E-state index contributed by atoms with van der Waals surface area (Å²) in [5.41, 5.74) is 1.53. The van der Waals surface area contributed by atoms with Crippen molar-refractivity contribution in [1.29, 1.82) is 0 Å². The fourth-order valence-corrected chi connectivity index (χ4v) is 4.84. The van der Waals surface area contributed by atoms with E-state index in [4.69, 9.17) is 14.0 Å². The van der Waals surface area contributed by atoms with E-state index in [1.165, 1.54) is 6.42 Å². The predicted octanol–water partition coefficient (Wildman–Crippen LogP) is 6.27.